The highest BCUT2D eigenvalue weighted by Gasteiger charge is 2.10. The van der Waals surface area contributed by atoms with Gasteiger partial charge in [0.2, 0.25) is 0 Å². The lowest BCUT2D eigenvalue weighted by Gasteiger charge is -2.08. The van der Waals surface area contributed by atoms with E-state index in [2.05, 4.69) is 20.7 Å². The topological polar surface area (TPSA) is 92.9 Å². The van der Waals surface area contributed by atoms with E-state index in [0.717, 1.165) is 0 Å². The first kappa shape index (κ1) is 11.0. The number of nitrogens with zero attached hydrogens (tertiary/aromatic N) is 2. The van der Waals surface area contributed by atoms with Crippen molar-refractivity contribution in [1.29, 1.82) is 0 Å². The van der Waals surface area contributed by atoms with Gasteiger partial charge in [0.1, 0.15) is 0 Å². The fraction of sp³-hybridized carbons (Fsp3) is 0. The number of aromatic nitrogens is 2. The Hall–Kier alpha value is -2.47. The van der Waals surface area contributed by atoms with Gasteiger partial charge in [0.15, 0.2) is 0 Å². The maximum absolute atomic E-state index is 11.9. The molecule has 0 bridgehead atoms. The van der Waals surface area contributed by atoms with Gasteiger partial charge in [0.05, 0.1) is 29.3 Å². The summed E-state index contributed by atoms with van der Waals surface area (Å²) in [6.07, 6.45) is 6.21. The molecular formula is C11H11N5O. The maximum atomic E-state index is 11.9. The van der Waals surface area contributed by atoms with Gasteiger partial charge in [-0.05, 0) is 18.2 Å². The summed E-state index contributed by atoms with van der Waals surface area (Å²) in [5.41, 5.74) is 3.93. The van der Waals surface area contributed by atoms with Gasteiger partial charge in [-0.25, -0.2) is 0 Å². The highest BCUT2D eigenvalue weighted by Crippen LogP contribution is 2.14. The average molecular weight is 229 g/mol. The SMILES string of the molecule is NNc1cnccc1C(=O)Nc1cccnc1. The van der Waals surface area contributed by atoms with Crippen molar-refractivity contribution in [3.05, 3.63) is 48.5 Å². The zero-order valence-electron chi connectivity index (χ0n) is 8.92. The van der Waals surface area contributed by atoms with Crippen LogP contribution in [0.3, 0.4) is 0 Å². The van der Waals surface area contributed by atoms with Gasteiger partial charge in [-0.2, -0.15) is 0 Å². The number of pyridine rings is 2. The molecule has 0 atom stereocenters. The molecule has 2 heterocycles. The van der Waals surface area contributed by atoms with Crippen molar-refractivity contribution in [3.63, 3.8) is 0 Å². The van der Waals surface area contributed by atoms with Crippen LogP contribution < -0.4 is 16.6 Å². The molecule has 0 aromatic carbocycles. The molecule has 4 N–H and O–H groups in total. The first-order valence-electron chi connectivity index (χ1n) is 4.93. The Morgan fingerprint density at radius 1 is 1.18 bits per heavy atom. The van der Waals surface area contributed by atoms with E-state index in [-0.39, 0.29) is 5.91 Å². The molecule has 0 aliphatic carbocycles. The van der Waals surface area contributed by atoms with E-state index >= 15 is 0 Å². The first-order chi connectivity index (χ1) is 8.31. The third-order valence-electron chi connectivity index (χ3n) is 2.14. The Kier molecular flexibility index (Phi) is 3.27. The Morgan fingerprint density at radius 2 is 2.00 bits per heavy atom. The third kappa shape index (κ3) is 2.56. The molecule has 0 fully saturated rings. The van der Waals surface area contributed by atoms with Gasteiger partial charge in [-0.15, -0.1) is 0 Å². The summed E-state index contributed by atoms with van der Waals surface area (Å²) in [4.78, 5) is 19.7. The molecule has 0 unspecified atom stereocenters. The number of hydrogen-bond donors (Lipinski definition) is 3. The smallest absolute Gasteiger partial charge is 0.257 e. The number of hydrazine groups is 1. The Morgan fingerprint density at radius 3 is 2.71 bits per heavy atom. The number of amides is 1. The summed E-state index contributed by atoms with van der Waals surface area (Å²) in [6, 6.07) is 5.08. The van der Waals surface area contributed by atoms with E-state index in [1.165, 1.54) is 12.4 Å². The molecule has 0 spiro atoms. The number of nitrogens with one attached hydrogen (secondary N) is 2. The van der Waals surface area contributed by atoms with Gasteiger partial charge in [0, 0.05) is 12.4 Å². The Bertz CT molecular complexity index is 514. The van der Waals surface area contributed by atoms with Crippen molar-refractivity contribution in [1.82, 2.24) is 9.97 Å². The lowest BCUT2D eigenvalue weighted by Crippen LogP contribution is -2.17. The summed E-state index contributed by atoms with van der Waals surface area (Å²) in [7, 11) is 0. The van der Waals surface area contributed by atoms with E-state index in [1.807, 2.05) is 0 Å². The maximum Gasteiger partial charge on any atom is 0.257 e. The summed E-state index contributed by atoms with van der Waals surface area (Å²) >= 11 is 0. The van der Waals surface area contributed by atoms with Crippen LogP contribution in [0.4, 0.5) is 11.4 Å². The van der Waals surface area contributed by atoms with Crippen molar-refractivity contribution in [2.24, 2.45) is 5.84 Å². The second-order valence-corrected chi connectivity index (χ2v) is 3.26. The molecule has 2 aromatic heterocycles. The molecule has 0 saturated carbocycles. The summed E-state index contributed by atoms with van der Waals surface area (Å²) in [6.45, 7) is 0. The van der Waals surface area contributed by atoms with Gasteiger partial charge in [-0.3, -0.25) is 20.6 Å². The van der Waals surface area contributed by atoms with Crippen molar-refractivity contribution in [2.75, 3.05) is 10.7 Å². The van der Waals surface area contributed by atoms with Crippen molar-refractivity contribution >= 4 is 17.3 Å². The number of carbonyl (C=O) groups is 1. The minimum Gasteiger partial charge on any atom is -0.322 e. The molecule has 0 radical (unpaired) electrons. The van der Waals surface area contributed by atoms with Gasteiger partial charge in [0.25, 0.3) is 5.91 Å². The Balaban J connectivity index is 2.20. The third-order valence-corrected chi connectivity index (χ3v) is 2.14. The molecular weight excluding hydrogens is 218 g/mol. The fourth-order valence-corrected chi connectivity index (χ4v) is 1.34. The van der Waals surface area contributed by atoms with E-state index in [1.54, 1.807) is 30.6 Å². The van der Waals surface area contributed by atoms with Crippen LogP contribution in [-0.4, -0.2) is 15.9 Å². The molecule has 6 nitrogen and oxygen atoms in total. The second-order valence-electron chi connectivity index (χ2n) is 3.26. The van der Waals surface area contributed by atoms with E-state index in [4.69, 9.17) is 5.84 Å². The van der Waals surface area contributed by atoms with Crippen LogP contribution >= 0.6 is 0 Å². The van der Waals surface area contributed by atoms with Crippen molar-refractivity contribution in [3.8, 4) is 0 Å². The van der Waals surface area contributed by atoms with Gasteiger partial charge in [-0.1, -0.05) is 0 Å². The minimum absolute atomic E-state index is 0.270. The molecule has 17 heavy (non-hydrogen) atoms. The zero-order valence-corrected chi connectivity index (χ0v) is 8.92. The largest absolute Gasteiger partial charge is 0.322 e. The van der Waals surface area contributed by atoms with Crippen LogP contribution in [0, 0.1) is 0 Å². The van der Waals surface area contributed by atoms with Crippen LogP contribution in [0.2, 0.25) is 0 Å². The monoisotopic (exact) mass is 229 g/mol. The van der Waals surface area contributed by atoms with E-state index < -0.39 is 0 Å². The van der Waals surface area contributed by atoms with E-state index in [0.29, 0.717) is 16.9 Å². The van der Waals surface area contributed by atoms with Crippen molar-refractivity contribution in [2.45, 2.75) is 0 Å². The lowest BCUT2D eigenvalue weighted by molar-refractivity contribution is 0.102. The molecule has 0 aliphatic heterocycles. The normalized spacial score (nSPS) is 9.71. The summed E-state index contributed by atoms with van der Waals surface area (Å²) in [5.74, 6) is 5.03. The zero-order chi connectivity index (χ0) is 12.1. The average Bonchev–Trinajstić information content (AvgIpc) is 2.40. The number of rotatable bonds is 3. The fourth-order valence-electron chi connectivity index (χ4n) is 1.34. The number of carbonyl (C=O) groups excluding carboxylic acids is 1. The molecule has 1 amide bonds. The molecule has 6 heteroatoms. The van der Waals surface area contributed by atoms with E-state index in [9.17, 15) is 4.79 Å². The quantitative estimate of drug-likeness (QED) is 0.539. The molecule has 86 valence electrons. The lowest BCUT2D eigenvalue weighted by atomic mass is 10.2. The summed E-state index contributed by atoms with van der Waals surface area (Å²) < 4.78 is 0. The molecule has 0 aliphatic rings. The van der Waals surface area contributed by atoms with Gasteiger partial charge >= 0.3 is 0 Å². The standard InChI is InChI=1S/C11H11N5O/c12-16-10-7-14-5-3-9(10)11(17)15-8-2-1-4-13-6-8/h1-7,16H,12H2,(H,15,17). The predicted octanol–water partition coefficient (Wildman–Crippen LogP) is 1.01. The highest BCUT2D eigenvalue weighted by atomic mass is 16.1. The minimum atomic E-state index is -0.270. The van der Waals surface area contributed by atoms with Crippen LogP contribution in [0.25, 0.3) is 0 Å². The van der Waals surface area contributed by atoms with Crippen LogP contribution in [0.15, 0.2) is 43.0 Å². The molecule has 2 rings (SSSR count). The van der Waals surface area contributed by atoms with Crippen LogP contribution in [0.5, 0.6) is 0 Å². The van der Waals surface area contributed by atoms with Crippen molar-refractivity contribution < 1.29 is 4.79 Å². The molecule has 2 aromatic rings. The van der Waals surface area contributed by atoms with Gasteiger partial charge < -0.3 is 10.7 Å². The number of nitrogens with two attached hydrogens (primary N) is 1. The highest BCUT2D eigenvalue weighted by molar-refractivity contribution is 6.07. The molecule has 0 saturated heterocycles. The first-order valence-corrected chi connectivity index (χ1v) is 4.93. The predicted molar refractivity (Wildman–Crippen MR) is 64.2 cm³/mol. The Labute approximate surface area is 97.9 Å². The van der Waals surface area contributed by atoms with Crippen LogP contribution in [0.1, 0.15) is 10.4 Å². The second kappa shape index (κ2) is 5.04. The summed E-state index contributed by atoms with van der Waals surface area (Å²) in [5, 5.41) is 2.71. The van der Waals surface area contributed by atoms with Crippen LogP contribution in [-0.2, 0) is 0 Å². The number of anilines is 2. The number of nitrogen functional groups attached to an aromatic ring is 1. The number of hydrogen-bond acceptors (Lipinski definition) is 5.